The molecule has 0 spiro atoms. The van der Waals surface area contributed by atoms with E-state index in [-0.39, 0.29) is 0 Å². The highest BCUT2D eigenvalue weighted by Gasteiger charge is 2.05. The van der Waals surface area contributed by atoms with E-state index in [4.69, 9.17) is 9.47 Å². The van der Waals surface area contributed by atoms with Crippen molar-refractivity contribution in [2.75, 3.05) is 13.2 Å². The first-order chi connectivity index (χ1) is 7.31. The van der Waals surface area contributed by atoms with Gasteiger partial charge in [-0.1, -0.05) is 12.7 Å². The van der Waals surface area contributed by atoms with E-state index in [9.17, 15) is 4.79 Å². The molecule has 0 atom stereocenters. The van der Waals surface area contributed by atoms with Crippen LogP contribution in [-0.4, -0.2) is 19.5 Å². The Labute approximate surface area is 89.3 Å². The summed E-state index contributed by atoms with van der Waals surface area (Å²) in [6.45, 7) is 6.40. The summed E-state index contributed by atoms with van der Waals surface area (Å²) in [7, 11) is 0. The molecule has 1 aromatic rings. The number of benzene rings is 1. The average molecular weight is 206 g/mol. The van der Waals surface area contributed by atoms with E-state index < -0.39 is 0 Å². The minimum Gasteiger partial charge on any atom is -0.490 e. The Morgan fingerprint density at radius 1 is 1.33 bits per heavy atom. The first-order valence-corrected chi connectivity index (χ1v) is 4.77. The number of ether oxygens (including phenoxy) is 2. The first-order valence-electron chi connectivity index (χ1n) is 4.77. The summed E-state index contributed by atoms with van der Waals surface area (Å²) in [4.78, 5) is 10.6. The van der Waals surface area contributed by atoms with Gasteiger partial charge in [-0.05, 0) is 25.1 Å². The van der Waals surface area contributed by atoms with E-state index in [0.29, 0.717) is 30.3 Å². The monoisotopic (exact) mass is 206 g/mol. The summed E-state index contributed by atoms with van der Waals surface area (Å²) in [5, 5.41) is 0. The number of hydrogen-bond acceptors (Lipinski definition) is 3. The van der Waals surface area contributed by atoms with Crippen LogP contribution in [0.1, 0.15) is 17.3 Å². The van der Waals surface area contributed by atoms with Crippen molar-refractivity contribution in [3.63, 3.8) is 0 Å². The van der Waals surface area contributed by atoms with Gasteiger partial charge in [-0.15, -0.1) is 0 Å². The molecule has 0 radical (unpaired) electrons. The fourth-order valence-corrected chi connectivity index (χ4v) is 1.13. The molecule has 0 saturated carbocycles. The predicted molar refractivity (Wildman–Crippen MR) is 58.7 cm³/mol. The van der Waals surface area contributed by atoms with E-state index in [1.165, 1.54) is 0 Å². The smallest absolute Gasteiger partial charge is 0.162 e. The molecule has 0 heterocycles. The maximum Gasteiger partial charge on any atom is 0.162 e. The van der Waals surface area contributed by atoms with E-state index in [1.54, 1.807) is 24.3 Å². The van der Waals surface area contributed by atoms with Crippen molar-refractivity contribution in [2.45, 2.75) is 6.92 Å². The molecule has 15 heavy (non-hydrogen) atoms. The van der Waals surface area contributed by atoms with Crippen LogP contribution in [0.3, 0.4) is 0 Å². The van der Waals surface area contributed by atoms with Crippen molar-refractivity contribution < 1.29 is 14.3 Å². The lowest BCUT2D eigenvalue weighted by atomic mass is 10.2. The summed E-state index contributed by atoms with van der Waals surface area (Å²) < 4.78 is 10.7. The zero-order chi connectivity index (χ0) is 11.1. The zero-order valence-electron chi connectivity index (χ0n) is 8.73. The highest BCUT2D eigenvalue weighted by atomic mass is 16.5. The normalized spacial score (nSPS) is 9.40. The molecular formula is C12H14O3. The van der Waals surface area contributed by atoms with Crippen LogP contribution in [0.4, 0.5) is 0 Å². The fraction of sp³-hybridized carbons (Fsp3) is 0.250. The molecule has 80 valence electrons. The number of carbonyl (C=O) groups is 1. The minimum absolute atomic E-state index is 0.391. The minimum atomic E-state index is 0.391. The highest BCUT2D eigenvalue weighted by molar-refractivity contribution is 5.76. The predicted octanol–water partition coefficient (Wildman–Crippen LogP) is 2.46. The molecule has 0 aromatic heterocycles. The van der Waals surface area contributed by atoms with Crippen molar-refractivity contribution in [1.82, 2.24) is 0 Å². The third kappa shape index (κ3) is 3.13. The third-order valence-electron chi connectivity index (χ3n) is 1.76. The Hall–Kier alpha value is -1.77. The van der Waals surface area contributed by atoms with Crippen LogP contribution < -0.4 is 9.47 Å². The van der Waals surface area contributed by atoms with Crippen LogP contribution in [-0.2, 0) is 0 Å². The van der Waals surface area contributed by atoms with Gasteiger partial charge in [0.05, 0.1) is 6.61 Å². The van der Waals surface area contributed by atoms with E-state index in [0.717, 1.165) is 6.29 Å². The molecule has 1 rings (SSSR count). The second-order valence-corrected chi connectivity index (χ2v) is 2.86. The molecule has 0 bridgehead atoms. The van der Waals surface area contributed by atoms with Gasteiger partial charge in [0.2, 0.25) is 0 Å². The van der Waals surface area contributed by atoms with Crippen LogP contribution in [0, 0.1) is 0 Å². The van der Waals surface area contributed by atoms with Gasteiger partial charge in [0.1, 0.15) is 12.9 Å². The largest absolute Gasteiger partial charge is 0.490 e. The van der Waals surface area contributed by atoms with Gasteiger partial charge in [-0.25, -0.2) is 0 Å². The van der Waals surface area contributed by atoms with Gasteiger partial charge < -0.3 is 9.47 Å². The van der Waals surface area contributed by atoms with Gasteiger partial charge in [0.15, 0.2) is 11.5 Å². The molecule has 0 amide bonds. The number of aldehydes is 1. The number of hydrogen-bond donors (Lipinski definition) is 0. The lowest BCUT2D eigenvalue weighted by molar-refractivity contribution is 0.112. The third-order valence-corrected chi connectivity index (χ3v) is 1.76. The molecule has 0 fully saturated rings. The van der Waals surface area contributed by atoms with Crippen LogP contribution in [0.2, 0.25) is 0 Å². The summed E-state index contributed by atoms with van der Waals surface area (Å²) in [5.41, 5.74) is 0.567. The molecule has 0 N–H and O–H groups in total. The van der Waals surface area contributed by atoms with Crippen LogP contribution in [0.15, 0.2) is 30.9 Å². The molecule has 3 nitrogen and oxygen atoms in total. The molecule has 0 aliphatic carbocycles. The second kappa shape index (κ2) is 5.86. The molecule has 1 aromatic carbocycles. The first kappa shape index (κ1) is 11.3. The van der Waals surface area contributed by atoms with Crippen LogP contribution in [0.5, 0.6) is 11.5 Å². The Morgan fingerprint density at radius 2 is 2.13 bits per heavy atom. The topological polar surface area (TPSA) is 35.5 Å². The van der Waals surface area contributed by atoms with Crippen molar-refractivity contribution in [3.8, 4) is 11.5 Å². The van der Waals surface area contributed by atoms with Gasteiger partial charge in [-0.2, -0.15) is 0 Å². The van der Waals surface area contributed by atoms with Crippen molar-refractivity contribution in [3.05, 3.63) is 36.4 Å². The average Bonchev–Trinajstić information content (AvgIpc) is 2.28. The van der Waals surface area contributed by atoms with E-state index in [2.05, 4.69) is 6.58 Å². The summed E-state index contributed by atoms with van der Waals surface area (Å²) in [5.74, 6) is 1.21. The Kier molecular flexibility index (Phi) is 4.41. The Bertz CT molecular complexity index is 345. The SMILES string of the molecule is C=CCOc1cc(C=O)ccc1OCC. The van der Waals surface area contributed by atoms with E-state index in [1.807, 2.05) is 6.92 Å². The van der Waals surface area contributed by atoms with Crippen molar-refractivity contribution in [2.24, 2.45) is 0 Å². The van der Waals surface area contributed by atoms with Crippen LogP contribution >= 0.6 is 0 Å². The Balaban J connectivity index is 2.92. The maximum absolute atomic E-state index is 10.6. The summed E-state index contributed by atoms with van der Waals surface area (Å²) >= 11 is 0. The molecule has 0 aliphatic rings. The van der Waals surface area contributed by atoms with Gasteiger partial charge >= 0.3 is 0 Å². The van der Waals surface area contributed by atoms with Crippen LogP contribution in [0.25, 0.3) is 0 Å². The quantitative estimate of drug-likeness (QED) is 0.529. The number of rotatable bonds is 6. The zero-order valence-corrected chi connectivity index (χ0v) is 8.73. The molecule has 0 aliphatic heterocycles. The van der Waals surface area contributed by atoms with Crippen molar-refractivity contribution in [1.29, 1.82) is 0 Å². The molecular weight excluding hydrogens is 192 g/mol. The van der Waals surface area contributed by atoms with Gasteiger partial charge in [0, 0.05) is 5.56 Å². The molecule has 3 heteroatoms. The van der Waals surface area contributed by atoms with Gasteiger partial charge in [0.25, 0.3) is 0 Å². The van der Waals surface area contributed by atoms with Crippen molar-refractivity contribution >= 4 is 6.29 Å². The van der Waals surface area contributed by atoms with Gasteiger partial charge in [-0.3, -0.25) is 4.79 Å². The molecule has 0 saturated heterocycles. The second-order valence-electron chi connectivity index (χ2n) is 2.86. The lowest BCUT2D eigenvalue weighted by Crippen LogP contribution is -1.99. The summed E-state index contributed by atoms with van der Waals surface area (Å²) in [6, 6.07) is 5.08. The highest BCUT2D eigenvalue weighted by Crippen LogP contribution is 2.27. The summed E-state index contributed by atoms with van der Waals surface area (Å²) in [6.07, 6.45) is 2.42. The standard InChI is InChI=1S/C12H14O3/c1-3-7-15-12-8-10(9-13)5-6-11(12)14-4-2/h3,5-6,8-9H,1,4,7H2,2H3. The lowest BCUT2D eigenvalue weighted by Gasteiger charge is -2.10. The fourth-order valence-electron chi connectivity index (χ4n) is 1.13. The maximum atomic E-state index is 10.6. The number of carbonyl (C=O) groups excluding carboxylic acids is 1. The Morgan fingerprint density at radius 3 is 2.73 bits per heavy atom. The van der Waals surface area contributed by atoms with E-state index >= 15 is 0 Å². The molecule has 0 unspecified atom stereocenters.